The van der Waals surface area contributed by atoms with Crippen molar-refractivity contribution in [2.24, 2.45) is 0 Å². The molecule has 2 aliphatic rings. The quantitative estimate of drug-likeness (QED) is 0.426. The van der Waals surface area contributed by atoms with Gasteiger partial charge in [0.05, 0.1) is 12.1 Å². The van der Waals surface area contributed by atoms with E-state index in [4.69, 9.17) is 11.2 Å². The first-order chi connectivity index (χ1) is 9.13. The van der Waals surface area contributed by atoms with Gasteiger partial charge in [0.2, 0.25) is 5.91 Å². The molecule has 3 rings (SSSR count). The van der Waals surface area contributed by atoms with Gasteiger partial charge in [0, 0.05) is 5.69 Å². The summed E-state index contributed by atoms with van der Waals surface area (Å²) < 4.78 is 5.02. The number of nitrogens with zero attached hydrogens (tertiary/aromatic N) is 1. The second-order valence-corrected chi connectivity index (χ2v) is 4.57. The van der Waals surface area contributed by atoms with Gasteiger partial charge in [-0.05, 0) is 11.6 Å². The second-order valence-electron chi connectivity index (χ2n) is 4.57. The Labute approximate surface area is 110 Å². The predicted molar refractivity (Wildman–Crippen MR) is 69.4 cm³/mol. The zero-order valence-electron chi connectivity index (χ0n) is 10.2. The molecule has 0 aromatic heterocycles. The van der Waals surface area contributed by atoms with E-state index in [1.54, 1.807) is 0 Å². The lowest BCUT2D eigenvalue weighted by atomic mass is 9.78. The average molecular weight is 253 g/mol. The van der Waals surface area contributed by atoms with E-state index in [1.807, 2.05) is 24.3 Å². The number of terminal acetylenes is 1. The molecule has 0 aliphatic carbocycles. The molecule has 0 radical (unpaired) electrons. The van der Waals surface area contributed by atoms with Crippen molar-refractivity contribution in [3.05, 3.63) is 42.0 Å². The molecule has 4 nitrogen and oxygen atoms in total. The normalized spacial score (nSPS) is 24.6. The molecule has 1 amide bonds. The lowest BCUT2D eigenvalue weighted by Gasteiger charge is -2.20. The zero-order valence-corrected chi connectivity index (χ0v) is 10.2. The average Bonchev–Trinajstić information content (AvgIpc) is 2.85. The zero-order chi connectivity index (χ0) is 13.6. The number of para-hydroxylation sites is 1. The van der Waals surface area contributed by atoms with Crippen molar-refractivity contribution in [2.45, 2.75) is 5.41 Å². The minimum absolute atomic E-state index is 0.00157. The van der Waals surface area contributed by atoms with Crippen molar-refractivity contribution in [3.63, 3.8) is 0 Å². The molecule has 1 aromatic rings. The Morgan fingerprint density at radius 2 is 2.16 bits per heavy atom. The lowest BCUT2D eigenvalue weighted by Crippen LogP contribution is -2.42. The SMILES string of the molecule is C#CCN1C(=O)[C@@]2(COC(=O)C2=C)c2ccccc21. The van der Waals surface area contributed by atoms with Crippen LogP contribution >= 0.6 is 0 Å². The molecule has 1 saturated heterocycles. The fourth-order valence-corrected chi connectivity index (χ4v) is 2.73. The first kappa shape index (κ1) is 11.5. The monoisotopic (exact) mass is 253 g/mol. The van der Waals surface area contributed by atoms with Crippen LogP contribution in [0.15, 0.2) is 36.4 Å². The smallest absolute Gasteiger partial charge is 0.335 e. The molecule has 1 atom stereocenters. The number of cyclic esters (lactones) is 1. The van der Waals surface area contributed by atoms with Crippen LogP contribution in [0.5, 0.6) is 0 Å². The summed E-state index contributed by atoms with van der Waals surface area (Å²) in [7, 11) is 0. The van der Waals surface area contributed by atoms with Crippen LogP contribution < -0.4 is 4.90 Å². The van der Waals surface area contributed by atoms with E-state index in [9.17, 15) is 9.59 Å². The highest BCUT2D eigenvalue weighted by Gasteiger charge is 2.58. The molecule has 0 bridgehead atoms. The number of amides is 1. The highest BCUT2D eigenvalue weighted by molar-refractivity contribution is 6.17. The maximum Gasteiger partial charge on any atom is 0.335 e. The molecule has 0 saturated carbocycles. The van der Waals surface area contributed by atoms with Crippen LogP contribution in [0.1, 0.15) is 5.56 Å². The third kappa shape index (κ3) is 1.24. The van der Waals surface area contributed by atoms with Crippen LogP contribution in [-0.2, 0) is 19.7 Å². The molecule has 94 valence electrons. The number of ether oxygens (including phenoxy) is 1. The van der Waals surface area contributed by atoms with Gasteiger partial charge in [-0.25, -0.2) is 4.79 Å². The van der Waals surface area contributed by atoms with Gasteiger partial charge in [0.1, 0.15) is 12.0 Å². The molecule has 2 heterocycles. The van der Waals surface area contributed by atoms with Crippen molar-refractivity contribution in [2.75, 3.05) is 18.1 Å². The summed E-state index contributed by atoms with van der Waals surface area (Å²) >= 11 is 0. The second kappa shape index (κ2) is 3.72. The molecule has 0 N–H and O–H groups in total. The third-order valence-corrected chi connectivity index (χ3v) is 3.70. The number of carbonyl (C=O) groups excluding carboxylic acids is 2. The van der Waals surface area contributed by atoms with Crippen LogP contribution in [0.25, 0.3) is 0 Å². The Morgan fingerprint density at radius 3 is 2.79 bits per heavy atom. The van der Waals surface area contributed by atoms with Gasteiger partial charge in [-0.2, -0.15) is 0 Å². The Balaban J connectivity index is 2.24. The number of hydrogen-bond acceptors (Lipinski definition) is 3. The number of esters is 1. The van der Waals surface area contributed by atoms with Crippen LogP contribution in [0.2, 0.25) is 0 Å². The number of anilines is 1. The van der Waals surface area contributed by atoms with Crippen LogP contribution in [0, 0.1) is 12.3 Å². The maximum absolute atomic E-state index is 12.7. The minimum Gasteiger partial charge on any atom is -0.460 e. The molecule has 1 aromatic carbocycles. The summed E-state index contributed by atoms with van der Waals surface area (Å²) in [5.74, 6) is 1.71. The summed E-state index contributed by atoms with van der Waals surface area (Å²) in [6, 6.07) is 7.28. The van der Waals surface area contributed by atoms with Crippen molar-refractivity contribution >= 4 is 17.6 Å². The number of benzene rings is 1. The summed E-state index contributed by atoms with van der Waals surface area (Å²) in [6.45, 7) is 3.91. The molecule has 0 unspecified atom stereocenters. The molecule has 2 aliphatic heterocycles. The molecule has 4 heteroatoms. The third-order valence-electron chi connectivity index (χ3n) is 3.70. The number of rotatable bonds is 1. The van der Waals surface area contributed by atoms with Crippen molar-refractivity contribution in [3.8, 4) is 12.3 Å². The van der Waals surface area contributed by atoms with E-state index in [0.717, 1.165) is 11.3 Å². The first-order valence-corrected chi connectivity index (χ1v) is 5.84. The number of fused-ring (bicyclic) bond motifs is 2. The van der Waals surface area contributed by atoms with E-state index in [0.29, 0.717) is 0 Å². The maximum atomic E-state index is 12.7. The van der Waals surface area contributed by atoms with E-state index in [2.05, 4.69) is 12.5 Å². The van der Waals surface area contributed by atoms with Crippen LogP contribution in [-0.4, -0.2) is 25.0 Å². The van der Waals surface area contributed by atoms with E-state index < -0.39 is 11.4 Å². The molecular weight excluding hydrogens is 242 g/mol. The largest absolute Gasteiger partial charge is 0.460 e. The summed E-state index contributed by atoms with van der Waals surface area (Å²) in [4.78, 5) is 25.8. The Morgan fingerprint density at radius 1 is 1.42 bits per heavy atom. The molecule has 1 spiro atoms. The molecule has 1 fully saturated rings. The van der Waals surface area contributed by atoms with Crippen molar-refractivity contribution < 1.29 is 14.3 Å². The molecular formula is C15H11NO3. The fraction of sp³-hybridized carbons (Fsp3) is 0.200. The van der Waals surface area contributed by atoms with Gasteiger partial charge in [-0.15, -0.1) is 6.42 Å². The Kier molecular flexibility index (Phi) is 2.26. The highest BCUT2D eigenvalue weighted by Crippen LogP contribution is 2.48. The molecule has 19 heavy (non-hydrogen) atoms. The van der Waals surface area contributed by atoms with Gasteiger partial charge in [-0.3, -0.25) is 9.69 Å². The summed E-state index contributed by atoms with van der Waals surface area (Å²) in [5.41, 5.74) is 0.560. The number of hydrogen-bond donors (Lipinski definition) is 0. The summed E-state index contributed by atoms with van der Waals surface area (Å²) in [5, 5.41) is 0. The van der Waals surface area contributed by atoms with E-state index >= 15 is 0 Å². The van der Waals surface area contributed by atoms with Crippen LogP contribution in [0.3, 0.4) is 0 Å². The van der Waals surface area contributed by atoms with Gasteiger partial charge < -0.3 is 4.74 Å². The Hall–Kier alpha value is -2.54. The van der Waals surface area contributed by atoms with Gasteiger partial charge in [-0.1, -0.05) is 30.7 Å². The Bertz CT molecular complexity index is 656. The van der Waals surface area contributed by atoms with Crippen molar-refractivity contribution in [1.82, 2.24) is 0 Å². The predicted octanol–water partition coefficient (Wildman–Crippen LogP) is 1.02. The minimum atomic E-state index is -1.09. The topological polar surface area (TPSA) is 46.6 Å². The first-order valence-electron chi connectivity index (χ1n) is 5.84. The number of carbonyl (C=O) groups is 2. The van der Waals surface area contributed by atoms with Gasteiger partial charge in [0.25, 0.3) is 0 Å². The fourth-order valence-electron chi connectivity index (χ4n) is 2.73. The summed E-state index contributed by atoms with van der Waals surface area (Å²) in [6.07, 6.45) is 5.31. The van der Waals surface area contributed by atoms with Gasteiger partial charge >= 0.3 is 5.97 Å². The van der Waals surface area contributed by atoms with Crippen molar-refractivity contribution in [1.29, 1.82) is 0 Å². The van der Waals surface area contributed by atoms with E-state index in [-0.39, 0.29) is 24.6 Å². The van der Waals surface area contributed by atoms with Gasteiger partial charge in [0.15, 0.2) is 0 Å². The lowest BCUT2D eigenvalue weighted by molar-refractivity contribution is -0.135. The standard InChI is InChI=1S/C15H11NO3/c1-3-8-16-12-7-5-4-6-11(12)15(14(16)18)9-19-13(17)10(15)2/h1,4-7H,2,8-9H2/t15-/m1/s1. The van der Waals surface area contributed by atoms with E-state index in [1.165, 1.54) is 4.90 Å². The highest BCUT2D eigenvalue weighted by atomic mass is 16.5. The van der Waals surface area contributed by atoms with Crippen LogP contribution in [0.4, 0.5) is 5.69 Å².